The lowest BCUT2D eigenvalue weighted by atomic mass is 9.96. The normalized spacial score (nSPS) is 11.6. The number of nitrogens with zero attached hydrogens (tertiary/aromatic N) is 3. The van der Waals surface area contributed by atoms with Crippen molar-refractivity contribution in [3.8, 4) is 0 Å². The van der Waals surface area contributed by atoms with Gasteiger partial charge in [-0.15, -0.1) is 0 Å². The molecule has 90 valence electrons. The topological polar surface area (TPSA) is 29.0 Å². The molecule has 3 nitrogen and oxygen atoms in total. The third kappa shape index (κ3) is 3.34. The zero-order chi connectivity index (χ0) is 12.3. The van der Waals surface area contributed by atoms with E-state index in [1.165, 1.54) is 0 Å². The summed E-state index contributed by atoms with van der Waals surface area (Å²) in [6, 6.07) is 1.81. The summed E-state index contributed by atoms with van der Waals surface area (Å²) in [7, 11) is 2.02. The Morgan fingerprint density at radius 2 is 1.94 bits per heavy atom. The maximum atomic E-state index is 6.02. The van der Waals surface area contributed by atoms with E-state index in [9.17, 15) is 0 Å². The smallest absolute Gasteiger partial charge is 0.137 e. The van der Waals surface area contributed by atoms with Gasteiger partial charge in [0.05, 0.1) is 0 Å². The highest BCUT2D eigenvalue weighted by Crippen LogP contribution is 2.23. The largest absolute Gasteiger partial charge is 0.360 e. The van der Waals surface area contributed by atoms with E-state index in [1.54, 1.807) is 0 Å². The third-order valence-corrected chi connectivity index (χ3v) is 2.50. The number of aromatic nitrogens is 2. The monoisotopic (exact) mass is 241 g/mol. The molecule has 0 fully saturated rings. The van der Waals surface area contributed by atoms with Crippen molar-refractivity contribution < 1.29 is 0 Å². The number of anilines is 1. The molecule has 0 saturated heterocycles. The second kappa shape index (κ2) is 5.00. The van der Waals surface area contributed by atoms with E-state index in [0.717, 1.165) is 24.6 Å². The van der Waals surface area contributed by atoms with Gasteiger partial charge in [-0.05, 0) is 6.42 Å². The van der Waals surface area contributed by atoms with Crippen molar-refractivity contribution in [2.45, 2.75) is 39.5 Å². The van der Waals surface area contributed by atoms with Gasteiger partial charge in [-0.1, -0.05) is 39.3 Å². The Morgan fingerprint density at radius 1 is 1.31 bits per heavy atom. The molecule has 0 aliphatic rings. The minimum atomic E-state index is -0.0767. The van der Waals surface area contributed by atoms with Crippen molar-refractivity contribution in [3.63, 3.8) is 0 Å². The molecule has 1 heterocycles. The van der Waals surface area contributed by atoms with Crippen LogP contribution in [0.3, 0.4) is 0 Å². The van der Waals surface area contributed by atoms with Crippen LogP contribution in [-0.2, 0) is 5.41 Å². The highest BCUT2D eigenvalue weighted by molar-refractivity contribution is 6.29. The molecule has 0 radical (unpaired) electrons. The molecule has 1 aromatic rings. The number of rotatable bonds is 3. The first-order valence-corrected chi connectivity index (χ1v) is 5.98. The van der Waals surface area contributed by atoms with Crippen LogP contribution >= 0.6 is 11.6 Å². The van der Waals surface area contributed by atoms with Crippen molar-refractivity contribution in [1.29, 1.82) is 0 Å². The van der Waals surface area contributed by atoms with E-state index in [0.29, 0.717) is 5.15 Å². The van der Waals surface area contributed by atoms with Gasteiger partial charge in [0.2, 0.25) is 0 Å². The van der Waals surface area contributed by atoms with Crippen LogP contribution in [0.15, 0.2) is 6.07 Å². The van der Waals surface area contributed by atoms with E-state index in [1.807, 2.05) is 13.1 Å². The van der Waals surface area contributed by atoms with Gasteiger partial charge in [-0.3, -0.25) is 0 Å². The van der Waals surface area contributed by atoms with Crippen LogP contribution in [0.4, 0.5) is 5.82 Å². The Balaban J connectivity index is 3.08. The molecule has 0 bridgehead atoms. The Hall–Kier alpha value is -0.830. The van der Waals surface area contributed by atoms with Crippen molar-refractivity contribution in [1.82, 2.24) is 9.97 Å². The van der Waals surface area contributed by atoms with Gasteiger partial charge in [-0.25, -0.2) is 9.97 Å². The fourth-order valence-electron chi connectivity index (χ4n) is 1.39. The van der Waals surface area contributed by atoms with Crippen molar-refractivity contribution in [3.05, 3.63) is 17.0 Å². The molecule has 0 atom stereocenters. The molecule has 0 unspecified atom stereocenters. The summed E-state index contributed by atoms with van der Waals surface area (Å²) in [5.41, 5.74) is -0.0767. The van der Waals surface area contributed by atoms with Gasteiger partial charge in [0.15, 0.2) is 0 Å². The number of halogens is 1. The molecule has 1 aromatic heterocycles. The zero-order valence-electron chi connectivity index (χ0n) is 10.7. The van der Waals surface area contributed by atoms with Gasteiger partial charge in [-0.2, -0.15) is 0 Å². The highest BCUT2D eigenvalue weighted by Gasteiger charge is 2.19. The van der Waals surface area contributed by atoms with Gasteiger partial charge < -0.3 is 4.90 Å². The second-order valence-electron chi connectivity index (χ2n) is 5.04. The van der Waals surface area contributed by atoms with Gasteiger partial charge >= 0.3 is 0 Å². The molecule has 0 aromatic carbocycles. The van der Waals surface area contributed by atoms with Crippen LogP contribution in [0.1, 0.15) is 39.9 Å². The summed E-state index contributed by atoms with van der Waals surface area (Å²) in [6.07, 6.45) is 1.09. The Morgan fingerprint density at radius 3 is 2.44 bits per heavy atom. The zero-order valence-corrected chi connectivity index (χ0v) is 11.5. The molecular formula is C12H20ClN3. The number of hydrogen-bond acceptors (Lipinski definition) is 3. The SMILES string of the molecule is CCCN(C)c1cc(Cl)nc(C(C)(C)C)n1. The average molecular weight is 242 g/mol. The fourth-order valence-corrected chi connectivity index (χ4v) is 1.56. The Labute approximate surface area is 103 Å². The van der Waals surface area contributed by atoms with Crippen LogP contribution in [0.25, 0.3) is 0 Å². The summed E-state index contributed by atoms with van der Waals surface area (Å²) in [5.74, 6) is 1.68. The number of hydrogen-bond donors (Lipinski definition) is 0. The van der Waals surface area contributed by atoms with Crippen LogP contribution in [0.5, 0.6) is 0 Å². The molecule has 0 N–H and O–H groups in total. The predicted molar refractivity (Wildman–Crippen MR) is 69.3 cm³/mol. The molecule has 0 aliphatic carbocycles. The molecule has 0 spiro atoms. The Kier molecular flexibility index (Phi) is 4.14. The minimum absolute atomic E-state index is 0.0767. The lowest BCUT2D eigenvalue weighted by molar-refractivity contribution is 0.544. The van der Waals surface area contributed by atoms with E-state index >= 15 is 0 Å². The summed E-state index contributed by atoms with van der Waals surface area (Å²) >= 11 is 6.02. The maximum Gasteiger partial charge on any atom is 0.137 e. The van der Waals surface area contributed by atoms with Gasteiger partial charge in [0.1, 0.15) is 16.8 Å². The maximum absolute atomic E-state index is 6.02. The molecule has 4 heteroatoms. The minimum Gasteiger partial charge on any atom is -0.360 e. The van der Waals surface area contributed by atoms with Crippen LogP contribution in [0.2, 0.25) is 5.15 Å². The summed E-state index contributed by atoms with van der Waals surface area (Å²) in [6.45, 7) is 9.37. The third-order valence-electron chi connectivity index (χ3n) is 2.30. The predicted octanol–water partition coefficient (Wildman–Crippen LogP) is 3.27. The summed E-state index contributed by atoms with van der Waals surface area (Å²) < 4.78 is 0. The van der Waals surface area contributed by atoms with E-state index < -0.39 is 0 Å². The fraction of sp³-hybridized carbons (Fsp3) is 0.667. The summed E-state index contributed by atoms with van der Waals surface area (Å²) in [5, 5.41) is 0.512. The Bertz CT molecular complexity index is 358. The first-order valence-electron chi connectivity index (χ1n) is 5.60. The molecular weight excluding hydrogens is 222 g/mol. The van der Waals surface area contributed by atoms with Crippen LogP contribution < -0.4 is 4.90 Å². The first kappa shape index (κ1) is 13.2. The van der Waals surface area contributed by atoms with Crippen LogP contribution in [0, 0.1) is 0 Å². The molecule has 1 rings (SSSR count). The van der Waals surface area contributed by atoms with Crippen LogP contribution in [-0.4, -0.2) is 23.6 Å². The summed E-state index contributed by atoms with van der Waals surface area (Å²) in [4.78, 5) is 10.9. The van der Waals surface area contributed by atoms with Crippen molar-refractivity contribution in [2.75, 3.05) is 18.5 Å². The lowest BCUT2D eigenvalue weighted by Crippen LogP contribution is -2.23. The van der Waals surface area contributed by atoms with Crippen molar-refractivity contribution >= 4 is 17.4 Å². The van der Waals surface area contributed by atoms with E-state index in [2.05, 4.69) is 42.6 Å². The lowest BCUT2D eigenvalue weighted by Gasteiger charge is -2.22. The molecule has 0 aliphatic heterocycles. The van der Waals surface area contributed by atoms with Gasteiger partial charge in [0.25, 0.3) is 0 Å². The van der Waals surface area contributed by atoms with Crippen molar-refractivity contribution in [2.24, 2.45) is 0 Å². The first-order chi connectivity index (χ1) is 7.34. The quantitative estimate of drug-likeness (QED) is 0.761. The highest BCUT2D eigenvalue weighted by atomic mass is 35.5. The molecule has 0 amide bonds. The average Bonchev–Trinajstić information content (AvgIpc) is 2.16. The van der Waals surface area contributed by atoms with E-state index in [-0.39, 0.29) is 5.41 Å². The standard InChI is InChI=1S/C12H20ClN3/c1-6-7-16(5)10-8-9(13)14-11(15-10)12(2,3)4/h8H,6-7H2,1-5H3. The van der Waals surface area contributed by atoms with E-state index in [4.69, 9.17) is 11.6 Å². The van der Waals surface area contributed by atoms with Gasteiger partial charge in [0, 0.05) is 25.1 Å². The second-order valence-corrected chi connectivity index (χ2v) is 5.43. The molecule has 0 saturated carbocycles. The molecule has 16 heavy (non-hydrogen) atoms.